The molecule has 1 aliphatic heterocycles. The summed E-state index contributed by atoms with van der Waals surface area (Å²) < 4.78 is 0. The predicted molar refractivity (Wildman–Crippen MR) is 80.6 cm³/mol. The summed E-state index contributed by atoms with van der Waals surface area (Å²) >= 11 is 0. The van der Waals surface area contributed by atoms with E-state index in [1.807, 2.05) is 0 Å². The Hall–Kier alpha value is -1.80. The Labute approximate surface area is 115 Å². The van der Waals surface area contributed by atoms with E-state index in [0.717, 1.165) is 26.1 Å². The Morgan fingerprint density at radius 2 is 1.63 bits per heavy atom. The van der Waals surface area contributed by atoms with Crippen LogP contribution in [0, 0.1) is 0 Å². The molecule has 0 radical (unpaired) electrons. The third-order valence-electron chi connectivity index (χ3n) is 3.70. The van der Waals surface area contributed by atoms with Crippen LogP contribution in [0.1, 0.15) is 5.56 Å². The predicted octanol–water partition coefficient (Wildman–Crippen LogP) is 2.71. The third-order valence-corrected chi connectivity index (χ3v) is 3.70. The molecule has 2 aromatic carbocycles. The maximum atomic E-state index is 3.63. The summed E-state index contributed by atoms with van der Waals surface area (Å²) in [5, 5.41) is 3.63. The Balaban J connectivity index is 1.65. The van der Waals surface area contributed by atoms with Crippen molar-refractivity contribution in [1.29, 1.82) is 0 Å². The highest BCUT2D eigenvalue weighted by atomic mass is 15.2. The number of anilines is 1. The fraction of sp³-hybridized carbons (Fsp3) is 0.294. The van der Waals surface area contributed by atoms with Gasteiger partial charge in [-0.25, -0.2) is 0 Å². The van der Waals surface area contributed by atoms with Gasteiger partial charge in [0.05, 0.1) is 0 Å². The summed E-state index contributed by atoms with van der Waals surface area (Å²) in [7, 11) is 0. The summed E-state index contributed by atoms with van der Waals surface area (Å²) in [6.45, 7) is 3.24. The van der Waals surface area contributed by atoms with Gasteiger partial charge in [-0.05, 0) is 24.1 Å². The molecular formula is C17H20N2. The zero-order valence-electron chi connectivity index (χ0n) is 11.1. The lowest BCUT2D eigenvalue weighted by molar-refractivity contribution is 0.455. The Kier molecular flexibility index (Phi) is 3.80. The number of nitrogens with zero attached hydrogens (tertiary/aromatic N) is 1. The molecule has 1 saturated heterocycles. The van der Waals surface area contributed by atoms with Gasteiger partial charge in [-0.1, -0.05) is 48.5 Å². The van der Waals surface area contributed by atoms with Crippen LogP contribution in [-0.4, -0.2) is 25.7 Å². The topological polar surface area (TPSA) is 15.3 Å². The zero-order valence-corrected chi connectivity index (χ0v) is 11.1. The molecule has 0 spiro atoms. The number of hydrogen-bond acceptors (Lipinski definition) is 2. The fourth-order valence-corrected chi connectivity index (χ4v) is 2.73. The van der Waals surface area contributed by atoms with Crippen LogP contribution in [0.25, 0.3) is 0 Å². The van der Waals surface area contributed by atoms with Gasteiger partial charge in [-0.15, -0.1) is 0 Å². The number of para-hydroxylation sites is 1. The van der Waals surface area contributed by atoms with Crippen molar-refractivity contribution in [3.8, 4) is 0 Å². The van der Waals surface area contributed by atoms with E-state index < -0.39 is 0 Å². The fourth-order valence-electron chi connectivity index (χ4n) is 2.73. The van der Waals surface area contributed by atoms with E-state index in [4.69, 9.17) is 0 Å². The monoisotopic (exact) mass is 252 g/mol. The molecule has 2 aromatic rings. The second kappa shape index (κ2) is 5.89. The molecule has 0 aromatic heterocycles. The molecular weight excluding hydrogens is 232 g/mol. The average molecular weight is 252 g/mol. The summed E-state index contributed by atoms with van der Waals surface area (Å²) in [6.07, 6.45) is 1.10. The minimum atomic E-state index is 0.538. The Morgan fingerprint density at radius 3 is 2.37 bits per heavy atom. The van der Waals surface area contributed by atoms with Gasteiger partial charge in [0.2, 0.25) is 0 Å². The molecule has 2 nitrogen and oxygen atoms in total. The van der Waals surface area contributed by atoms with Crippen LogP contribution >= 0.6 is 0 Å². The van der Waals surface area contributed by atoms with Crippen molar-refractivity contribution in [1.82, 2.24) is 5.32 Å². The molecule has 1 aliphatic rings. The Bertz CT molecular complexity index is 495. The largest absolute Gasteiger partial charge is 0.369 e. The van der Waals surface area contributed by atoms with Crippen LogP contribution in [0.15, 0.2) is 60.7 Å². The molecule has 0 aliphatic carbocycles. The smallest absolute Gasteiger partial charge is 0.0367 e. The second-order valence-electron chi connectivity index (χ2n) is 5.12. The Morgan fingerprint density at radius 1 is 0.947 bits per heavy atom. The lowest BCUT2D eigenvalue weighted by atomic mass is 10.0. The molecule has 2 heteroatoms. The van der Waals surface area contributed by atoms with Crippen molar-refractivity contribution >= 4 is 5.69 Å². The molecule has 1 N–H and O–H groups in total. The first-order valence-corrected chi connectivity index (χ1v) is 6.99. The van der Waals surface area contributed by atoms with E-state index in [1.54, 1.807) is 0 Å². The number of nitrogens with one attached hydrogen (secondary N) is 1. The first kappa shape index (κ1) is 12.2. The number of rotatable bonds is 3. The van der Waals surface area contributed by atoms with Gasteiger partial charge >= 0.3 is 0 Å². The second-order valence-corrected chi connectivity index (χ2v) is 5.12. The molecule has 0 amide bonds. The van der Waals surface area contributed by atoms with E-state index in [-0.39, 0.29) is 0 Å². The molecule has 1 heterocycles. The quantitative estimate of drug-likeness (QED) is 0.903. The van der Waals surface area contributed by atoms with Gasteiger partial charge in [-0.3, -0.25) is 0 Å². The van der Waals surface area contributed by atoms with Crippen LogP contribution in [0.3, 0.4) is 0 Å². The van der Waals surface area contributed by atoms with Crippen molar-refractivity contribution in [2.24, 2.45) is 0 Å². The molecule has 0 bridgehead atoms. The third kappa shape index (κ3) is 3.15. The zero-order chi connectivity index (χ0) is 12.9. The average Bonchev–Trinajstić information content (AvgIpc) is 2.49. The summed E-state index contributed by atoms with van der Waals surface area (Å²) in [4.78, 5) is 2.48. The molecule has 1 fully saturated rings. The van der Waals surface area contributed by atoms with Crippen molar-refractivity contribution in [2.75, 3.05) is 24.5 Å². The van der Waals surface area contributed by atoms with E-state index in [2.05, 4.69) is 70.9 Å². The maximum absolute atomic E-state index is 3.63. The first-order valence-electron chi connectivity index (χ1n) is 6.99. The van der Waals surface area contributed by atoms with Crippen molar-refractivity contribution in [3.05, 3.63) is 66.2 Å². The molecule has 3 rings (SSSR count). The van der Waals surface area contributed by atoms with Gasteiger partial charge in [0, 0.05) is 31.4 Å². The van der Waals surface area contributed by atoms with Crippen molar-refractivity contribution in [3.63, 3.8) is 0 Å². The lowest BCUT2D eigenvalue weighted by Crippen LogP contribution is -2.51. The van der Waals surface area contributed by atoms with Crippen LogP contribution in [0.5, 0.6) is 0 Å². The van der Waals surface area contributed by atoms with Crippen LogP contribution < -0.4 is 10.2 Å². The highest BCUT2D eigenvalue weighted by Gasteiger charge is 2.19. The van der Waals surface area contributed by atoms with Crippen LogP contribution in [0.4, 0.5) is 5.69 Å². The molecule has 0 unspecified atom stereocenters. The normalized spacial score (nSPS) is 19.4. The van der Waals surface area contributed by atoms with Gasteiger partial charge < -0.3 is 10.2 Å². The van der Waals surface area contributed by atoms with E-state index >= 15 is 0 Å². The molecule has 98 valence electrons. The van der Waals surface area contributed by atoms with E-state index in [9.17, 15) is 0 Å². The standard InChI is InChI=1S/C17H20N2/c1-3-7-15(8-4-1)13-16-14-19(12-11-18-16)17-9-5-2-6-10-17/h1-10,16,18H,11-14H2/t16-/m0/s1. The van der Waals surface area contributed by atoms with E-state index in [1.165, 1.54) is 11.3 Å². The van der Waals surface area contributed by atoms with Gasteiger partial charge in [0.1, 0.15) is 0 Å². The maximum Gasteiger partial charge on any atom is 0.0367 e. The lowest BCUT2D eigenvalue weighted by Gasteiger charge is -2.35. The van der Waals surface area contributed by atoms with Crippen LogP contribution in [-0.2, 0) is 6.42 Å². The molecule has 19 heavy (non-hydrogen) atoms. The summed E-state index contributed by atoms with van der Waals surface area (Å²) in [5.41, 5.74) is 2.75. The summed E-state index contributed by atoms with van der Waals surface area (Å²) in [6, 6.07) is 22.0. The minimum Gasteiger partial charge on any atom is -0.369 e. The van der Waals surface area contributed by atoms with Crippen molar-refractivity contribution < 1.29 is 0 Å². The minimum absolute atomic E-state index is 0.538. The van der Waals surface area contributed by atoms with Gasteiger partial charge in [0.15, 0.2) is 0 Å². The number of piperazine rings is 1. The van der Waals surface area contributed by atoms with E-state index in [0.29, 0.717) is 6.04 Å². The van der Waals surface area contributed by atoms with Crippen molar-refractivity contribution in [2.45, 2.75) is 12.5 Å². The number of hydrogen-bond donors (Lipinski definition) is 1. The first-order chi connectivity index (χ1) is 9.42. The van der Waals surface area contributed by atoms with Gasteiger partial charge in [0.25, 0.3) is 0 Å². The SMILES string of the molecule is c1ccc(C[C@H]2CN(c3ccccc3)CCN2)cc1. The van der Waals surface area contributed by atoms with Crippen LogP contribution in [0.2, 0.25) is 0 Å². The molecule has 1 atom stereocenters. The highest BCUT2D eigenvalue weighted by Crippen LogP contribution is 2.16. The number of benzene rings is 2. The van der Waals surface area contributed by atoms with Gasteiger partial charge in [-0.2, -0.15) is 0 Å². The highest BCUT2D eigenvalue weighted by molar-refractivity contribution is 5.46. The summed E-state index contributed by atoms with van der Waals surface area (Å²) in [5.74, 6) is 0. The molecule has 0 saturated carbocycles.